The molecule has 0 heterocycles. The molecule has 29 heavy (non-hydrogen) atoms. The number of benzene rings is 2. The maximum atomic E-state index is 13.2. The lowest BCUT2D eigenvalue weighted by Crippen LogP contribution is -2.32. The molecule has 2 aromatic rings. The molecule has 0 spiro atoms. The number of nitrogens with zero attached hydrogens (tertiary/aromatic N) is 1. The van der Waals surface area contributed by atoms with Crippen LogP contribution in [0.25, 0.3) is 0 Å². The van der Waals surface area contributed by atoms with Gasteiger partial charge in [0.2, 0.25) is 0 Å². The van der Waals surface area contributed by atoms with E-state index in [9.17, 15) is 9.59 Å². The van der Waals surface area contributed by atoms with Gasteiger partial charge in [0, 0.05) is 18.2 Å². The number of aliphatic carboxylic acids is 1. The molecule has 1 amide bonds. The molecular weight excluding hydrogens is 374 g/mol. The van der Waals surface area contributed by atoms with Crippen LogP contribution in [0.3, 0.4) is 0 Å². The second-order valence-electron chi connectivity index (χ2n) is 6.79. The molecule has 1 saturated carbocycles. The first-order chi connectivity index (χ1) is 14.0. The number of carbonyl (C=O) groups excluding carboxylic acids is 1. The topological polar surface area (TPSA) is 85.3 Å². The molecule has 3 rings (SSSR count). The molecule has 1 aliphatic carbocycles. The Morgan fingerprint density at radius 2 is 1.79 bits per heavy atom. The quantitative estimate of drug-likeness (QED) is 0.659. The molecule has 0 aromatic heterocycles. The van der Waals surface area contributed by atoms with Crippen molar-refractivity contribution in [3.63, 3.8) is 0 Å². The van der Waals surface area contributed by atoms with Gasteiger partial charge in [0.05, 0.1) is 13.7 Å². The zero-order valence-corrected chi connectivity index (χ0v) is 16.6. The number of amides is 1. The van der Waals surface area contributed by atoms with E-state index < -0.39 is 12.6 Å². The number of hydrogen-bond donors (Lipinski definition) is 1. The average molecular weight is 399 g/mol. The van der Waals surface area contributed by atoms with Gasteiger partial charge in [-0.2, -0.15) is 0 Å². The highest BCUT2D eigenvalue weighted by molar-refractivity contribution is 5.95. The fraction of sp³-hybridized carbons (Fsp3) is 0.364. The first-order valence-electron chi connectivity index (χ1n) is 9.57. The van der Waals surface area contributed by atoms with E-state index >= 15 is 0 Å². The molecule has 1 fully saturated rings. The predicted molar refractivity (Wildman–Crippen MR) is 107 cm³/mol. The Bertz CT molecular complexity index is 860. The summed E-state index contributed by atoms with van der Waals surface area (Å²) in [6.45, 7) is 2.22. The number of carbonyl (C=O) groups is 2. The lowest BCUT2D eigenvalue weighted by atomic mass is 10.1. The van der Waals surface area contributed by atoms with Crippen molar-refractivity contribution in [1.82, 2.24) is 4.90 Å². The van der Waals surface area contributed by atoms with Crippen LogP contribution in [0.15, 0.2) is 42.5 Å². The molecule has 2 aromatic carbocycles. The van der Waals surface area contributed by atoms with Gasteiger partial charge in [-0.05, 0) is 55.7 Å². The summed E-state index contributed by atoms with van der Waals surface area (Å²) < 4.78 is 16.0. The number of methoxy groups -OCH3 is 1. The van der Waals surface area contributed by atoms with Crippen molar-refractivity contribution in [1.29, 1.82) is 0 Å². The summed E-state index contributed by atoms with van der Waals surface area (Å²) in [6, 6.07) is 12.7. The van der Waals surface area contributed by atoms with Gasteiger partial charge < -0.3 is 24.2 Å². The highest BCUT2D eigenvalue weighted by Gasteiger charge is 2.33. The van der Waals surface area contributed by atoms with Crippen molar-refractivity contribution in [2.75, 3.05) is 20.3 Å². The van der Waals surface area contributed by atoms with Crippen molar-refractivity contribution in [3.05, 3.63) is 53.6 Å². The smallest absolute Gasteiger partial charge is 0.341 e. The lowest BCUT2D eigenvalue weighted by Gasteiger charge is -2.23. The zero-order valence-electron chi connectivity index (χ0n) is 16.6. The zero-order chi connectivity index (χ0) is 20.8. The Hall–Kier alpha value is -3.22. The number of ether oxygens (including phenoxy) is 3. The van der Waals surface area contributed by atoms with Crippen LogP contribution in [-0.2, 0) is 11.3 Å². The Balaban J connectivity index is 1.79. The van der Waals surface area contributed by atoms with Gasteiger partial charge in [0.25, 0.3) is 5.91 Å². The molecule has 0 radical (unpaired) electrons. The summed E-state index contributed by atoms with van der Waals surface area (Å²) in [6.07, 6.45) is 1.97. The predicted octanol–water partition coefficient (Wildman–Crippen LogP) is 3.36. The number of carboxylic acids is 1. The second kappa shape index (κ2) is 9.32. The third-order valence-corrected chi connectivity index (χ3v) is 4.60. The third-order valence-electron chi connectivity index (χ3n) is 4.60. The summed E-state index contributed by atoms with van der Waals surface area (Å²) in [5.41, 5.74) is 1.51. The van der Waals surface area contributed by atoms with Gasteiger partial charge in [-0.1, -0.05) is 12.1 Å². The van der Waals surface area contributed by atoms with Crippen LogP contribution in [0, 0.1) is 0 Å². The summed E-state index contributed by atoms with van der Waals surface area (Å²) in [5, 5.41) is 8.82. The molecule has 0 aliphatic heterocycles. The normalized spacial score (nSPS) is 12.9. The molecule has 1 aliphatic rings. The molecule has 154 valence electrons. The van der Waals surface area contributed by atoms with Crippen molar-refractivity contribution in [2.24, 2.45) is 0 Å². The maximum Gasteiger partial charge on any atom is 0.341 e. The SMILES string of the molecule is CCOc1cc(C(=O)N(Cc2ccc(OC)cc2)C2CC2)ccc1OCC(=O)O. The first-order valence-corrected chi connectivity index (χ1v) is 9.57. The van der Waals surface area contributed by atoms with Gasteiger partial charge in [-0.3, -0.25) is 4.79 Å². The highest BCUT2D eigenvalue weighted by Crippen LogP contribution is 2.33. The fourth-order valence-electron chi connectivity index (χ4n) is 3.01. The molecule has 1 N–H and O–H groups in total. The summed E-state index contributed by atoms with van der Waals surface area (Å²) in [5.74, 6) is 0.274. The minimum absolute atomic E-state index is 0.0888. The van der Waals surface area contributed by atoms with Crippen molar-refractivity contribution < 1.29 is 28.9 Å². The number of carboxylic acid groups (broad SMARTS) is 1. The minimum atomic E-state index is -1.08. The molecule has 0 saturated heterocycles. The van der Waals surface area contributed by atoms with E-state index in [0.717, 1.165) is 24.2 Å². The minimum Gasteiger partial charge on any atom is -0.497 e. The van der Waals surface area contributed by atoms with Crippen LogP contribution in [0.4, 0.5) is 0 Å². The van der Waals surface area contributed by atoms with E-state index in [0.29, 0.717) is 30.2 Å². The van der Waals surface area contributed by atoms with E-state index in [2.05, 4.69) is 0 Å². The standard InChI is InChI=1S/C22H25NO6/c1-3-28-20-12-16(6-11-19(20)29-14-21(24)25)22(26)23(17-7-8-17)13-15-4-9-18(27-2)10-5-15/h4-6,9-12,17H,3,7-8,13-14H2,1-2H3,(H,24,25). The lowest BCUT2D eigenvalue weighted by molar-refractivity contribution is -0.139. The van der Waals surface area contributed by atoms with Crippen LogP contribution in [-0.4, -0.2) is 48.2 Å². The van der Waals surface area contributed by atoms with Crippen LogP contribution in [0.5, 0.6) is 17.2 Å². The summed E-state index contributed by atoms with van der Waals surface area (Å²) >= 11 is 0. The molecule has 7 nitrogen and oxygen atoms in total. The highest BCUT2D eigenvalue weighted by atomic mass is 16.5. The van der Waals surface area contributed by atoms with Crippen molar-refractivity contribution in [3.8, 4) is 17.2 Å². The second-order valence-corrected chi connectivity index (χ2v) is 6.79. The van der Waals surface area contributed by atoms with Crippen LogP contribution < -0.4 is 14.2 Å². The average Bonchev–Trinajstić information content (AvgIpc) is 3.56. The fourth-order valence-corrected chi connectivity index (χ4v) is 3.01. The van der Waals surface area contributed by atoms with Crippen LogP contribution in [0.1, 0.15) is 35.7 Å². The Kier molecular flexibility index (Phi) is 6.59. The summed E-state index contributed by atoms with van der Waals surface area (Å²) in [7, 11) is 1.62. The number of hydrogen-bond acceptors (Lipinski definition) is 5. The molecule has 0 atom stereocenters. The Labute approximate surface area is 169 Å². The largest absolute Gasteiger partial charge is 0.497 e. The van der Waals surface area contributed by atoms with Gasteiger partial charge in [0.15, 0.2) is 18.1 Å². The van der Waals surface area contributed by atoms with Crippen molar-refractivity contribution >= 4 is 11.9 Å². The molecular formula is C22H25NO6. The van der Waals surface area contributed by atoms with Gasteiger partial charge in [0.1, 0.15) is 5.75 Å². The monoisotopic (exact) mass is 399 g/mol. The van der Waals surface area contributed by atoms with Gasteiger partial charge in [-0.25, -0.2) is 4.79 Å². The Morgan fingerprint density at radius 3 is 2.38 bits per heavy atom. The van der Waals surface area contributed by atoms with E-state index in [4.69, 9.17) is 19.3 Å². The first kappa shape index (κ1) is 20.5. The molecule has 7 heteroatoms. The third kappa shape index (κ3) is 5.40. The summed E-state index contributed by atoms with van der Waals surface area (Å²) in [4.78, 5) is 25.8. The van der Waals surface area contributed by atoms with E-state index in [1.54, 1.807) is 25.3 Å². The Morgan fingerprint density at radius 1 is 1.07 bits per heavy atom. The van der Waals surface area contributed by atoms with Gasteiger partial charge >= 0.3 is 5.97 Å². The van der Waals surface area contributed by atoms with E-state index in [1.165, 1.54) is 0 Å². The number of rotatable bonds is 10. The van der Waals surface area contributed by atoms with Crippen LogP contribution >= 0.6 is 0 Å². The van der Waals surface area contributed by atoms with Gasteiger partial charge in [-0.15, -0.1) is 0 Å². The maximum absolute atomic E-state index is 13.2. The van der Waals surface area contributed by atoms with Crippen molar-refractivity contribution in [2.45, 2.75) is 32.4 Å². The molecule has 0 bridgehead atoms. The van der Waals surface area contributed by atoms with E-state index in [1.807, 2.05) is 36.1 Å². The van der Waals surface area contributed by atoms with Crippen LogP contribution in [0.2, 0.25) is 0 Å². The molecule has 0 unspecified atom stereocenters. The van der Waals surface area contributed by atoms with E-state index in [-0.39, 0.29) is 11.9 Å².